The summed E-state index contributed by atoms with van der Waals surface area (Å²) in [6.07, 6.45) is 6.15. The van der Waals surface area contributed by atoms with E-state index in [1.807, 2.05) is 13.8 Å². The fourth-order valence-electron chi connectivity index (χ4n) is 1.32. The molecule has 3 unspecified atom stereocenters. The lowest BCUT2D eigenvalue weighted by Crippen LogP contribution is -2.30. The van der Waals surface area contributed by atoms with Gasteiger partial charge in [-0.05, 0) is 12.8 Å². The minimum Gasteiger partial charge on any atom is -0.393 e. The van der Waals surface area contributed by atoms with Crippen LogP contribution in [0.25, 0.3) is 0 Å². The van der Waals surface area contributed by atoms with Crippen LogP contribution in [0.5, 0.6) is 0 Å². The highest BCUT2D eigenvalue weighted by molar-refractivity contribution is 4.98. The van der Waals surface area contributed by atoms with Gasteiger partial charge in [-0.3, -0.25) is 0 Å². The third-order valence-corrected chi connectivity index (χ3v) is 2.11. The summed E-state index contributed by atoms with van der Waals surface area (Å²) < 4.78 is 0. The standard InChI is InChI=1S/C10H18O2/c1-4-7-8(9(11)5-2)10(12)6-3/h2,8-12H,4,6-7H2,1,3H3. The number of hydrogen-bond acceptors (Lipinski definition) is 2. The van der Waals surface area contributed by atoms with Crippen molar-refractivity contribution in [2.75, 3.05) is 0 Å². The number of aliphatic hydroxyl groups is 2. The smallest absolute Gasteiger partial charge is 0.119 e. The zero-order valence-corrected chi connectivity index (χ0v) is 7.83. The maximum atomic E-state index is 9.49. The monoisotopic (exact) mass is 170 g/mol. The second-order valence-corrected chi connectivity index (χ2v) is 3.04. The lowest BCUT2D eigenvalue weighted by molar-refractivity contribution is 0.0321. The van der Waals surface area contributed by atoms with E-state index < -0.39 is 12.2 Å². The quantitative estimate of drug-likeness (QED) is 0.608. The molecule has 2 nitrogen and oxygen atoms in total. The Balaban J connectivity index is 4.13. The van der Waals surface area contributed by atoms with E-state index in [0.29, 0.717) is 6.42 Å². The summed E-state index contributed by atoms with van der Waals surface area (Å²) in [5.41, 5.74) is 0. The number of hydrogen-bond donors (Lipinski definition) is 2. The highest BCUT2D eigenvalue weighted by Gasteiger charge is 2.23. The van der Waals surface area contributed by atoms with Gasteiger partial charge in [-0.15, -0.1) is 6.42 Å². The van der Waals surface area contributed by atoms with Crippen LogP contribution in [-0.2, 0) is 0 Å². The molecule has 0 bridgehead atoms. The summed E-state index contributed by atoms with van der Waals surface area (Å²) >= 11 is 0. The molecule has 12 heavy (non-hydrogen) atoms. The first kappa shape index (κ1) is 11.5. The molecule has 0 saturated heterocycles. The average Bonchev–Trinajstić information content (AvgIpc) is 2.11. The second kappa shape index (κ2) is 6.05. The molecule has 0 aromatic heterocycles. The van der Waals surface area contributed by atoms with Crippen LogP contribution in [0, 0.1) is 18.3 Å². The fraction of sp³-hybridized carbons (Fsp3) is 0.800. The molecule has 3 atom stereocenters. The van der Waals surface area contributed by atoms with E-state index in [-0.39, 0.29) is 5.92 Å². The van der Waals surface area contributed by atoms with Crippen molar-refractivity contribution in [2.24, 2.45) is 5.92 Å². The molecular weight excluding hydrogens is 152 g/mol. The molecule has 0 aliphatic rings. The van der Waals surface area contributed by atoms with Crippen molar-refractivity contribution in [1.82, 2.24) is 0 Å². The summed E-state index contributed by atoms with van der Waals surface area (Å²) in [6, 6.07) is 0. The summed E-state index contributed by atoms with van der Waals surface area (Å²) in [6.45, 7) is 3.90. The minimum absolute atomic E-state index is 0.162. The Morgan fingerprint density at radius 3 is 2.25 bits per heavy atom. The summed E-state index contributed by atoms with van der Waals surface area (Å²) in [5, 5.41) is 18.8. The van der Waals surface area contributed by atoms with E-state index >= 15 is 0 Å². The zero-order valence-electron chi connectivity index (χ0n) is 7.83. The maximum absolute atomic E-state index is 9.49. The Bertz CT molecular complexity index is 148. The van der Waals surface area contributed by atoms with Gasteiger partial charge in [0.05, 0.1) is 6.10 Å². The molecule has 0 aromatic carbocycles. The molecule has 0 saturated carbocycles. The predicted molar refractivity (Wildman–Crippen MR) is 49.5 cm³/mol. The molecule has 0 amide bonds. The van der Waals surface area contributed by atoms with Gasteiger partial charge < -0.3 is 10.2 Å². The number of aliphatic hydroxyl groups excluding tert-OH is 2. The van der Waals surface area contributed by atoms with Gasteiger partial charge in [-0.2, -0.15) is 0 Å². The molecule has 0 fully saturated rings. The number of terminal acetylenes is 1. The summed E-state index contributed by atoms with van der Waals surface area (Å²) in [4.78, 5) is 0. The maximum Gasteiger partial charge on any atom is 0.119 e. The molecule has 0 aromatic rings. The van der Waals surface area contributed by atoms with Crippen molar-refractivity contribution in [3.8, 4) is 12.3 Å². The molecule has 2 N–H and O–H groups in total. The molecule has 0 aliphatic heterocycles. The van der Waals surface area contributed by atoms with E-state index in [1.54, 1.807) is 0 Å². The van der Waals surface area contributed by atoms with Crippen molar-refractivity contribution in [3.63, 3.8) is 0 Å². The molecule has 2 heteroatoms. The van der Waals surface area contributed by atoms with Gasteiger partial charge in [-0.25, -0.2) is 0 Å². The Labute approximate surface area is 74.6 Å². The van der Waals surface area contributed by atoms with Crippen LogP contribution < -0.4 is 0 Å². The molecule has 0 heterocycles. The lowest BCUT2D eigenvalue weighted by atomic mass is 9.90. The van der Waals surface area contributed by atoms with Crippen LogP contribution >= 0.6 is 0 Å². The van der Waals surface area contributed by atoms with E-state index in [0.717, 1.165) is 12.8 Å². The van der Waals surface area contributed by atoms with Crippen LogP contribution in [0.3, 0.4) is 0 Å². The van der Waals surface area contributed by atoms with Gasteiger partial charge in [0.25, 0.3) is 0 Å². The first-order chi connectivity index (χ1) is 5.67. The molecule has 0 spiro atoms. The van der Waals surface area contributed by atoms with Gasteiger partial charge in [0.1, 0.15) is 6.10 Å². The van der Waals surface area contributed by atoms with Gasteiger partial charge in [-0.1, -0.05) is 26.2 Å². The molecule has 70 valence electrons. The fourth-order valence-corrected chi connectivity index (χ4v) is 1.32. The topological polar surface area (TPSA) is 40.5 Å². The van der Waals surface area contributed by atoms with E-state index in [2.05, 4.69) is 5.92 Å². The first-order valence-electron chi connectivity index (χ1n) is 4.49. The Kier molecular flexibility index (Phi) is 5.79. The van der Waals surface area contributed by atoms with Crippen molar-refractivity contribution in [2.45, 2.75) is 45.3 Å². The van der Waals surface area contributed by atoms with Crippen LogP contribution in [-0.4, -0.2) is 22.4 Å². The van der Waals surface area contributed by atoms with Crippen molar-refractivity contribution in [1.29, 1.82) is 0 Å². The molecule has 0 radical (unpaired) electrons. The van der Waals surface area contributed by atoms with Gasteiger partial charge in [0, 0.05) is 5.92 Å². The van der Waals surface area contributed by atoms with Crippen molar-refractivity contribution < 1.29 is 10.2 Å². The van der Waals surface area contributed by atoms with E-state index in [4.69, 9.17) is 6.42 Å². The van der Waals surface area contributed by atoms with Crippen LogP contribution in [0.15, 0.2) is 0 Å². The highest BCUT2D eigenvalue weighted by atomic mass is 16.3. The predicted octanol–water partition coefficient (Wildman–Crippen LogP) is 1.17. The minimum atomic E-state index is -0.806. The summed E-state index contributed by atoms with van der Waals surface area (Å²) in [5.74, 6) is 2.10. The Morgan fingerprint density at radius 2 is 1.92 bits per heavy atom. The zero-order chi connectivity index (χ0) is 9.56. The second-order valence-electron chi connectivity index (χ2n) is 3.04. The average molecular weight is 170 g/mol. The van der Waals surface area contributed by atoms with E-state index in [9.17, 15) is 10.2 Å². The van der Waals surface area contributed by atoms with Gasteiger partial charge in [0.15, 0.2) is 0 Å². The SMILES string of the molecule is C#CC(O)C(CCC)C(O)CC. The third kappa shape index (κ3) is 3.25. The highest BCUT2D eigenvalue weighted by Crippen LogP contribution is 2.18. The largest absolute Gasteiger partial charge is 0.393 e. The first-order valence-corrected chi connectivity index (χ1v) is 4.49. The normalized spacial score (nSPS) is 17.9. The van der Waals surface area contributed by atoms with Crippen LogP contribution in [0.2, 0.25) is 0 Å². The number of rotatable bonds is 5. The molecular formula is C10H18O2. The van der Waals surface area contributed by atoms with Crippen LogP contribution in [0.1, 0.15) is 33.1 Å². The van der Waals surface area contributed by atoms with Gasteiger partial charge in [0.2, 0.25) is 0 Å². The molecule has 0 aliphatic carbocycles. The third-order valence-electron chi connectivity index (χ3n) is 2.11. The summed E-state index contributed by atoms with van der Waals surface area (Å²) in [7, 11) is 0. The van der Waals surface area contributed by atoms with Crippen LogP contribution in [0.4, 0.5) is 0 Å². The lowest BCUT2D eigenvalue weighted by Gasteiger charge is -2.23. The molecule has 0 rings (SSSR count). The van der Waals surface area contributed by atoms with Crippen molar-refractivity contribution >= 4 is 0 Å². The Hall–Kier alpha value is -0.520. The Morgan fingerprint density at radius 1 is 1.33 bits per heavy atom. The van der Waals surface area contributed by atoms with E-state index in [1.165, 1.54) is 0 Å². The van der Waals surface area contributed by atoms with Gasteiger partial charge >= 0.3 is 0 Å². The van der Waals surface area contributed by atoms with Crippen molar-refractivity contribution in [3.05, 3.63) is 0 Å².